The molecule has 1 unspecified atom stereocenters. The molecule has 1 atom stereocenters. The summed E-state index contributed by atoms with van der Waals surface area (Å²) in [6, 6.07) is 4.11. The number of rotatable bonds is 6. The summed E-state index contributed by atoms with van der Waals surface area (Å²) in [5.74, 6) is 1.81. The number of tetrazole rings is 1. The maximum absolute atomic E-state index is 5.41. The molecular formula is C15H24N6O. The van der Waals surface area contributed by atoms with Gasteiger partial charge in [0.1, 0.15) is 12.3 Å². The minimum absolute atomic E-state index is 0.268. The first-order chi connectivity index (χ1) is 10.8. The molecular weight excluding hydrogens is 280 g/mol. The Morgan fingerprint density at radius 1 is 1.23 bits per heavy atom. The van der Waals surface area contributed by atoms with Gasteiger partial charge in [0.15, 0.2) is 5.82 Å². The van der Waals surface area contributed by atoms with Crippen LogP contribution in [0.15, 0.2) is 22.8 Å². The van der Waals surface area contributed by atoms with Crippen molar-refractivity contribution >= 4 is 0 Å². The molecule has 2 aromatic rings. The van der Waals surface area contributed by atoms with Crippen molar-refractivity contribution in [3.8, 4) is 0 Å². The van der Waals surface area contributed by atoms with Gasteiger partial charge in [-0.1, -0.05) is 13.8 Å². The summed E-state index contributed by atoms with van der Waals surface area (Å²) < 4.78 is 7.27. The van der Waals surface area contributed by atoms with Crippen LogP contribution in [0.3, 0.4) is 0 Å². The maximum Gasteiger partial charge on any atom is 0.168 e. The first-order valence-electron chi connectivity index (χ1n) is 8.06. The maximum atomic E-state index is 5.41. The van der Waals surface area contributed by atoms with Gasteiger partial charge in [-0.3, -0.25) is 4.90 Å². The van der Waals surface area contributed by atoms with Gasteiger partial charge in [0.2, 0.25) is 0 Å². The summed E-state index contributed by atoms with van der Waals surface area (Å²) in [5, 5.41) is 12.3. The fraction of sp³-hybridized carbons (Fsp3) is 0.667. The summed E-state index contributed by atoms with van der Waals surface area (Å²) in [7, 11) is 0. The summed E-state index contributed by atoms with van der Waals surface area (Å²) in [6.07, 6.45) is 2.69. The Kier molecular flexibility index (Phi) is 4.84. The second-order valence-electron chi connectivity index (χ2n) is 5.67. The van der Waals surface area contributed by atoms with Gasteiger partial charge in [-0.25, -0.2) is 4.68 Å². The van der Waals surface area contributed by atoms with E-state index >= 15 is 0 Å². The van der Waals surface area contributed by atoms with E-state index in [0.29, 0.717) is 6.54 Å². The highest BCUT2D eigenvalue weighted by Gasteiger charge is 2.27. The highest BCUT2D eigenvalue weighted by molar-refractivity contribution is 5.01. The molecule has 120 valence electrons. The van der Waals surface area contributed by atoms with Crippen LogP contribution in [0.2, 0.25) is 0 Å². The van der Waals surface area contributed by atoms with Crippen LogP contribution in [0.5, 0.6) is 0 Å². The van der Waals surface area contributed by atoms with Crippen LogP contribution in [-0.2, 0) is 6.54 Å². The number of furan rings is 1. The van der Waals surface area contributed by atoms with Crippen molar-refractivity contribution in [3.05, 3.63) is 30.0 Å². The highest BCUT2D eigenvalue weighted by Crippen LogP contribution is 2.23. The minimum Gasteiger partial charge on any atom is -0.467 e. The number of aromatic nitrogens is 4. The fourth-order valence-corrected chi connectivity index (χ4v) is 3.11. The zero-order valence-electron chi connectivity index (χ0n) is 13.4. The molecule has 0 bridgehead atoms. The van der Waals surface area contributed by atoms with Crippen LogP contribution in [0.25, 0.3) is 0 Å². The molecule has 0 saturated carbocycles. The smallest absolute Gasteiger partial charge is 0.168 e. The third-order valence-corrected chi connectivity index (χ3v) is 4.42. The van der Waals surface area contributed by atoms with Crippen molar-refractivity contribution in [2.75, 3.05) is 32.7 Å². The molecule has 7 heteroatoms. The van der Waals surface area contributed by atoms with E-state index in [1.807, 2.05) is 16.8 Å². The molecule has 0 radical (unpaired) electrons. The summed E-state index contributed by atoms with van der Waals surface area (Å²) in [6.45, 7) is 10.5. The predicted molar refractivity (Wildman–Crippen MR) is 82.3 cm³/mol. The molecule has 0 spiro atoms. The molecule has 0 aromatic carbocycles. The van der Waals surface area contributed by atoms with E-state index in [-0.39, 0.29) is 6.04 Å². The van der Waals surface area contributed by atoms with Gasteiger partial charge in [-0.15, -0.1) is 5.10 Å². The van der Waals surface area contributed by atoms with Crippen molar-refractivity contribution in [1.29, 1.82) is 0 Å². The summed E-state index contributed by atoms with van der Waals surface area (Å²) in [5.41, 5.74) is 0. The average Bonchev–Trinajstić information content (AvgIpc) is 3.22. The molecule has 1 fully saturated rings. The molecule has 0 amide bonds. The lowest BCUT2D eigenvalue weighted by molar-refractivity contribution is 0.0913. The lowest BCUT2D eigenvalue weighted by Gasteiger charge is -2.38. The molecule has 1 aliphatic rings. The SMILES string of the molecule is CCC(c1nnnn1Cc1ccco1)N1CCN(CC)CC1. The lowest BCUT2D eigenvalue weighted by atomic mass is 10.1. The molecule has 22 heavy (non-hydrogen) atoms. The Hall–Kier alpha value is -1.73. The third-order valence-electron chi connectivity index (χ3n) is 4.42. The molecule has 1 saturated heterocycles. The summed E-state index contributed by atoms with van der Waals surface area (Å²) in [4.78, 5) is 4.98. The molecule has 0 aliphatic carbocycles. The van der Waals surface area contributed by atoms with Crippen molar-refractivity contribution in [2.45, 2.75) is 32.9 Å². The van der Waals surface area contributed by atoms with E-state index in [2.05, 4.69) is 39.2 Å². The zero-order chi connectivity index (χ0) is 15.4. The van der Waals surface area contributed by atoms with Gasteiger partial charge in [0.05, 0.1) is 12.3 Å². The van der Waals surface area contributed by atoms with E-state index in [4.69, 9.17) is 4.42 Å². The van der Waals surface area contributed by atoms with Gasteiger partial charge in [-0.05, 0) is 35.5 Å². The van der Waals surface area contributed by atoms with E-state index < -0.39 is 0 Å². The summed E-state index contributed by atoms with van der Waals surface area (Å²) >= 11 is 0. The largest absolute Gasteiger partial charge is 0.467 e. The predicted octanol–water partition coefficient (Wildman–Crippen LogP) is 1.40. The van der Waals surface area contributed by atoms with E-state index in [1.54, 1.807) is 6.26 Å². The monoisotopic (exact) mass is 304 g/mol. The Labute approximate surface area is 130 Å². The number of nitrogens with zero attached hydrogens (tertiary/aromatic N) is 6. The van der Waals surface area contributed by atoms with Crippen LogP contribution in [0, 0.1) is 0 Å². The normalized spacial score (nSPS) is 18.6. The van der Waals surface area contributed by atoms with Crippen molar-refractivity contribution < 1.29 is 4.42 Å². The number of likely N-dealkylation sites (N-methyl/N-ethyl adjacent to an activating group) is 1. The second kappa shape index (κ2) is 7.02. The molecule has 3 rings (SSSR count). The number of hydrogen-bond donors (Lipinski definition) is 0. The quantitative estimate of drug-likeness (QED) is 0.804. The Morgan fingerprint density at radius 2 is 2.05 bits per heavy atom. The number of piperazine rings is 1. The first kappa shape index (κ1) is 15.2. The van der Waals surface area contributed by atoms with Crippen LogP contribution >= 0.6 is 0 Å². The minimum atomic E-state index is 0.268. The Balaban J connectivity index is 1.72. The van der Waals surface area contributed by atoms with Crippen LogP contribution in [0.4, 0.5) is 0 Å². The topological polar surface area (TPSA) is 63.2 Å². The van der Waals surface area contributed by atoms with Crippen molar-refractivity contribution in [2.24, 2.45) is 0 Å². The Bertz CT molecular complexity index is 558. The zero-order valence-corrected chi connectivity index (χ0v) is 13.4. The fourth-order valence-electron chi connectivity index (χ4n) is 3.11. The molecule has 7 nitrogen and oxygen atoms in total. The van der Waals surface area contributed by atoms with Gasteiger partial charge < -0.3 is 9.32 Å². The van der Waals surface area contributed by atoms with Crippen molar-refractivity contribution in [1.82, 2.24) is 30.0 Å². The van der Waals surface area contributed by atoms with E-state index in [0.717, 1.165) is 50.7 Å². The van der Waals surface area contributed by atoms with E-state index in [9.17, 15) is 0 Å². The third kappa shape index (κ3) is 3.20. The van der Waals surface area contributed by atoms with Crippen LogP contribution in [0.1, 0.15) is 37.9 Å². The van der Waals surface area contributed by atoms with Crippen molar-refractivity contribution in [3.63, 3.8) is 0 Å². The van der Waals surface area contributed by atoms with E-state index in [1.165, 1.54) is 0 Å². The van der Waals surface area contributed by atoms with Gasteiger partial charge >= 0.3 is 0 Å². The molecule has 1 aliphatic heterocycles. The van der Waals surface area contributed by atoms with Gasteiger partial charge in [0.25, 0.3) is 0 Å². The standard InChI is InChI=1S/C15H24N6O/c1-3-14(20-9-7-19(4-2)8-10-20)15-16-17-18-21(15)12-13-6-5-11-22-13/h5-6,11,14H,3-4,7-10,12H2,1-2H3. The second-order valence-corrected chi connectivity index (χ2v) is 5.67. The lowest BCUT2D eigenvalue weighted by Crippen LogP contribution is -2.47. The molecule has 3 heterocycles. The Morgan fingerprint density at radius 3 is 2.68 bits per heavy atom. The first-order valence-corrected chi connectivity index (χ1v) is 8.06. The molecule has 2 aromatic heterocycles. The average molecular weight is 304 g/mol. The van der Waals surface area contributed by atoms with Crippen LogP contribution < -0.4 is 0 Å². The number of hydrogen-bond acceptors (Lipinski definition) is 6. The van der Waals surface area contributed by atoms with Gasteiger partial charge in [0, 0.05) is 26.2 Å². The van der Waals surface area contributed by atoms with Gasteiger partial charge in [-0.2, -0.15) is 0 Å². The van der Waals surface area contributed by atoms with Crippen LogP contribution in [-0.4, -0.2) is 62.7 Å². The highest BCUT2D eigenvalue weighted by atomic mass is 16.3. The molecule has 0 N–H and O–H groups in total.